The molecule has 0 saturated heterocycles. The second kappa shape index (κ2) is 4.96. The molecule has 3 rings (SSSR count). The van der Waals surface area contributed by atoms with E-state index in [-0.39, 0.29) is 4.90 Å². The van der Waals surface area contributed by atoms with E-state index in [1.807, 2.05) is 30.3 Å². The summed E-state index contributed by atoms with van der Waals surface area (Å²) in [6.45, 7) is 0. The summed E-state index contributed by atoms with van der Waals surface area (Å²) in [5.41, 5.74) is 2.86. The van der Waals surface area contributed by atoms with Gasteiger partial charge in [-0.15, -0.1) is 0 Å². The van der Waals surface area contributed by atoms with Crippen LogP contribution in [0.4, 0.5) is 0 Å². The fourth-order valence-electron chi connectivity index (χ4n) is 2.19. The number of nitrogens with one attached hydrogen (secondary N) is 1. The Morgan fingerprint density at radius 3 is 2.40 bits per heavy atom. The van der Waals surface area contributed by atoms with Gasteiger partial charge in [0.25, 0.3) is 10.0 Å². The minimum absolute atomic E-state index is 0.207. The van der Waals surface area contributed by atoms with Crippen LogP contribution >= 0.6 is 11.6 Å². The van der Waals surface area contributed by atoms with Crippen molar-refractivity contribution < 1.29 is 8.42 Å². The third-order valence-electron chi connectivity index (χ3n) is 3.16. The monoisotopic (exact) mass is 305 g/mol. The highest BCUT2D eigenvalue weighted by molar-refractivity contribution is 7.89. The first-order valence-electron chi connectivity index (χ1n) is 6.11. The van der Waals surface area contributed by atoms with Crippen molar-refractivity contribution in [3.8, 4) is 0 Å². The first-order valence-corrected chi connectivity index (χ1v) is 7.97. The molecule has 0 radical (unpaired) electrons. The van der Waals surface area contributed by atoms with Gasteiger partial charge in [0.05, 0.1) is 4.90 Å². The van der Waals surface area contributed by atoms with E-state index in [2.05, 4.69) is 4.72 Å². The maximum absolute atomic E-state index is 12.3. The van der Waals surface area contributed by atoms with Crippen molar-refractivity contribution in [2.75, 3.05) is 0 Å². The molecular weight excluding hydrogens is 294 g/mol. The Labute approximate surface area is 123 Å². The van der Waals surface area contributed by atoms with Gasteiger partial charge in [-0.25, -0.2) is 8.42 Å². The zero-order valence-electron chi connectivity index (χ0n) is 10.5. The summed E-state index contributed by atoms with van der Waals surface area (Å²) >= 11 is 5.77. The van der Waals surface area contributed by atoms with Crippen LogP contribution in [0.15, 0.2) is 59.1 Å². The largest absolute Gasteiger partial charge is 0.283 e. The van der Waals surface area contributed by atoms with E-state index in [0.717, 1.165) is 11.1 Å². The maximum Gasteiger partial charge on any atom is 0.261 e. The van der Waals surface area contributed by atoms with Crippen LogP contribution in [0.1, 0.15) is 11.1 Å². The van der Waals surface area contributed by atoms with Crippen molar-refractivity contribution in [1.29, 1.82) is 0 Å². The molecule has 0 spiro atoms. The third-order valence-corrected chi connectivity index (χ3v) is 4.83. The quantitative estimate of drug-likeness (QED) is 0.946. The Kier molecular flexibility index (Phi) is 3.28. The Hall–Kier alpha value is -1.78. The van der Waals surface area contributed by atoms with Crippen molar-refractivity contribution in [3.05, 3.63) is 70.4 Å². The lowest BCUT2D eigenvalue weighted by molar-refractivity contribution is 0.588. The number of allylic oxidation sites excluding steroid dienone is 1. The minimum atomic E-state index is -3.56. The standard InChI is InChI=1S/C15H12ClNO2S/c16-13-5-7-15(8-6-13)20(18,19)17-14-9-11-3-1-2-4-12(11)10-14/h1-9,17H,10H2. The molecular formula is C15H12ClNO2S. The average molecular weight is 306 g/mol. The predicted octanol–water partition coefficient (Wildman–Crippen LogP) is 3.22. The van der Waals surface area contributed by atoms with E-state index in [4.69, 9.17) is 11.6 Å². The van der Waals surface area contributed by atoms with Crippen molar-refractivity contribution in [1.82, 2.24) is 4.72 Å². The van der Waals surface area contributed by atoms with Gasteiger partial charge in [-0.3, -0.25) is 4.72 Å². The van der Waals surface area contributed by atoms with Gasteiger partial charge in [-0.1, -0.05) is 35.9 Å². The number of hydrogen-bond donors (Lipinski definition) is 1. The number of hydrogen-bond acceptors (Lipinski definition) is 2. The van der Waals surface area contributed by atoms with E-state index < -0.39 is 10.0 Å². The number of rotatable bonds is 3. The molecule has 20 heavy (non-hydrogen) atoms. The van der Waals surface area contributed by atoms with E-state index in [1.54, 1.807) is 12.1 Å². The second-order valence-corrected chi connectivity index (χ2v) is 6.72. The lowest BCUT2D eigenvalue weighted by Gasteiger charge is -2.08. The molecule has 0 amide bonds. The molecule has 5 heteroatoms. The van der Waals surface area contributed by atoms with Crippen LogP contribution in [-0.4, -0.2) is 8.42 Å². The summed E-state index contributed by atoms with van der Waals surface area (Å²) in [7, 11) is -3.56. The molecule has 0 unspecified atom stereocenters. The topological polar surface area (TPSA) is 46.2 Å². The van der Waals surface area contributed by atoms with E-state index >= 15 is 0 Å². The van der Waals surface area contributed by atoms with Gasteiger partial charge in [0.15, 0.2) is 0 Å². The van der Waals surface area contributed by atoms with Gasteiger partial charge < -0.3 is 0 Å². The zero-order chi connectivity index (χ0) is 14.2. The SMILES string of the molecule is O=S(=O)(NC1=Cc2ccccc2C1)c1ccc(Cl)cc1. The fourth-order valence-corrected chi connectivity index (χ4v) is 3.41. The first kappa shape index (κ1) is 13.2. The van der Waals surface area contributed by atoms with Gasteiger partial charge in [0.1, 0.15) is 0 Å². The van der Waals surface area contributed by atoms with Crippen LogP contribution < -0.4 is 4.72 Å². The summed E-state index contributed by atoms with van der Waals surface area (Å²) in [5, 5.41) is 0.511. The van der Waals surface area contributed by atoms with Crippen LogP contribution in [0, 0.1) is 0 Å². The highest BCUT2D eigenvalue weighted by Crippen LogP contribution is 2.24. The predicted molar refractivity (Wildman–Crippen MR) is 79.9 cm³/mol. The third kappa shape index (κ3) is 2.57. The molecule has 0 atom stereocenters. The molecule has 1 aliphatic rings. The van der Waals surface area contributed by atoms with E-state index in [1.165, 1.54) is 12.1 Å². The molecule has 1 aliphatic carbocycles. The Balaban J connectivity index is 1.84. The summed E-state index contributed by atoms with van der Waals surface area (Å²) < 4.78 is 27.1. The minimum Gasteiger partial charge on any atom is -0.283 e. The molecule has 0 heterocycles. The van der Waals surface area contributed by atoms with Crippen LogP contribution in [0.3, 0.4) is 0 Å². The Bertz CT molecular complexity index is 780. The normalized spacial score (nSPS) is 13.8. The molecule has 0 fully saturated rings. The van der Waals surface area contributed by atoms with Crippen molar-refractivity contribution in [2.45, 2.75) is 11.3 Å². The molecule has 102 valence electrons. The number of sulfonamides is 1. The number of fused-ring (bicyclic) bond motifs is 1. The van der Waals surface area contributed by atoms with Crippen molar-refractivity contribution in [2.24, 2.45) is 0 Å². The molecule has 2 aromatic carbocycles. The summed E-state index contributed by atoms with van der Waals surface area (Å²) in [5.74, 6) is 0. The van der Waals surface area contributed by atoms with Gasteiger partial charge in [0, 0.05) is 17.1 Å². The van der Waals surface area contributed by atoms with Gasteiger partial charge in [0.2, 0.25) is 0 Å². The lowest BCUT2D eigenvalue weighted by atomic mass is 10.1. The van der Waals surface area contributed by atoms with Crippen molar-refractivity contribution >= 4 is 27.7 Å². The molecule has 0 saturated carbocycles. The molecule has 2 aromatic rings. The highest BCUT2D eigenvalue weighted by Gasteiger charge is 2.19. The van der Waals surface area contributed by atoms with Crippen LogP contribution in [0.2, 0.25) is 5.02 Å². The summed E-state index contributed by atoms with van der Waals surface area (Å²) in [6, 6.07) is 14.0. The number of halogens is 1. The van der Waals surface area contributed by atoms with Gasteiger partial charge >= 0.3 is 0 Å². The molecule has 0 bridgehead atoms. The average Bonchev–Trinajstić information content (AvgIpc) is 2.80. The molecule has 0 aliphatic heterocycles. The zero-order valence-corrected chi connectivity index (χ0v) is 12.1. The summed E-state index contributed by atoms with van der Waals surface area (Å²) in [4.78, 5) is 0.207. The summed E-state index contributed by atoms with van der Waals surface area (Å²) in [6.07, 6.45) is 2.46. The van der Waals surface area contributed by atoms with Crippen LogP contribution in [0.25, 0.3) is 6.08 Å². The molecule has 3 nitrogen and oxygen atoms in total. The van der Waals surface area contributed by atoms with Crippen molar-refractivity contribution in [3.63, 3.8) is 0 Å². The Morgan fingerprint density at radius 2 is 1.70 bits per heavy atom. The second-order valence-electron chi connectivity index (χ2n) is 4.60. The lowest BCUT2D eigenvalue weighted by Crippen LogP contribution is -2.23. The van der Waals surface area contributed by atoms with E-state index in [9.17, 15) is 8.42 Å². The first-order chi connectivity index (χ1) is 9.54. The molecule has 0 aromatic heterocycles. The number of benzene rings is 2. The highest BCUT2D eigenvalue weighted by atomic mass is 35.5. The maximum atomic E-state index is 12.3. The van der Waals surface area contributed by atoms with Crippen LogP contribution in [-0.2, 0) is 16.4 Å². The van der Waals surface area contributed by atoms with E-state index in [0.29, 0.717) is 17.1 Å². The fraction of sp³-hybridized carbons (Fsp3) is 0.0667. The molecule has 1 N–H and O–H groups in total. The van der Waals surface area contributed by atoms with Gasteiger partial charge in [-0.2, -0.15) is 0 Å². The van der Waals surface area contributed by atoms with Gasteiger partial charge in [-0.05, 0) is 41.5 Å². The van der Waals surface area contributed by atoms with Crippen LogP contribution in [0.5, 0.6) is 0 Å². The Morgan fingerprint density at radius 1 is 1.00 bits per heavy atom. The smallest absolute Gasteiger partial charge is 0.261 e.